The fourth-order valence-electron chi connectivity index (χ4n) is 3.19. The van der Waals surface area contributed by atoms with Crippen molar-refractivity contribution in [2.45, 2.75) is 12.8 Å². The maximum absolute atomic E-state index is 11.8. The number of hydrogen-bond acceptors (Lipinski definition) is 6. The SMILES string of the molecule is COCCc1c(C(=O)O)[nH]c(CCN)c1-c1ccc(OC)c(OC)c1OC. The van der Waals surface area contributed by atoms with E-state index in [0.717, 1.165) is 11.3 Å². The number of nitrogens with two attached hydrogens (primary N) is 1. The minimum Gasteiger partial charge on any atom is -0.493 e. The summed E-state index contributed by atoms with van der Waals surface area (Å²) >= 11 is 0. The topological polar surface area (TPSA) is 116 Å². The number of H-pyrrole nitrogens is 1. The van der Waals surface area contributed by atoms with Crippen molar-refractivity contribution in [1.29, 1.82) is 0 Å². The highest BCUT2D eigenvalue weighted by Crippen LogP contribution is 2.46. The molecule has 0 saturated carbocycles. The predicted molar refractivity (Wildman–Crippen MR) is 101 cm³/mol. The van der Waals surface area contributed by atoms with Crippen molar-refractivity contribution in [2.24, 2.45) is 5.73 Å². The Balaban J connectivity index is 2.81. The van der Waals surface area contributed by atoms with Crippen LogP contribution >= 0.6 is 0 Å². The number of ether oxygens (including phenoxy) is 4. The molecule has 27 heavy (non-hydrogen) atoms. The molecule has 8 heteroatoms. The summed E-state index contributed by atoms with van der Waals surface area (Å²) in [6.07, 6.45) is 0.909. The number of benzene rings is 1. The van der Waals surface area contributed by atoms with Crippen LogP contribution in [0.3, 0.4) is 0 Å². The summed E-state index contributed by atoms with van der Waals surface area (Å²) in [5, 5.41) is 9.65. The normalized spacial score (nSPS) is 10.7. The molecule has 2 rings (SSSR count). The summed E-state index contributed by atoms with van der Waals surface area (Å²) in [6, 6.07) is 3.59. The van der Waals surface area contributed by atoms with Gasteiger partial charge in [0.05, 0.1) is 27.9 Å². The summed E-state index contributed by atoms with van der Waals surface area (Å²) < 4.78 is 21.6. The number of aromatic nitrogens is 1. The van der Waals surface area contributed by atoms with Crippen LogP contribution < -0.4 is 19.9 Å². The van der Waals surface area contributed by atoms with Crippen LogP contribution in [0.2, 0.25) is 0 Å². The first kappa shape index (κ1) is 20.6. The van der Waals surface area contributed by atoms with E-state index in [-0.39, 0.29) is 5.69 Å². The summed E-state index contributed by atoms with van der Waals surface area (Å²) in [5.41, 5.74) is 8.69. The van der Waals surface area contributed by atoms with Crippen LogP contribution in [-0.2, 0) is 17.6 Å². The number of hydrogen-bond donors (Lipinski definition) is 3. The van der Waals surface area contributed by atoms with Crippen molar-refractivity contribution >= 4 is 5.97 Å². The van der Waals surface area contributed by atoms with Gasteiger partial charge in [-0.2, -0.15) is 0 Å². The summed E-state index contributed by atoms with van der Waals surface area (Å²) in [4.78, 5) is 14.8. The molecule has 0 fully saturated rings. The van der Waals surface area contributed by atoms with E-state index < -0.39 is 5.97 Å². The van der Waals surface area contributed by atoms with E-state index in [9.17, 15) is 9.90 Å². The molecule has 0 bridgehead atoms. The van der Waals surface area contributed by atoms with Gasteiger partial charge in [0.1, 0.15) is 5.69 Å². The molecular formula is C19H26N2O6. The van der Waals surface area contributed by atoms with Crippen LogP contribution in [0.4, 0.5) is 0 Å². The van der Waals surface area contributed by atoms with Gasteiger partial charge in [0.15, 0.2) is 11.5 Å². The van der Waals surface area contributed by atoms with E-state index in [2.05, 4.69) is 4.98 Å². The zero-order chi connectivity index (χ0) is 20.0. The minimum atomic E-state index is -1.04. The van der Waals surface area contributed by atoms with Crippen LogP contribution in [0.15, 0.2) is 12.1 Å². The van der Waals surface area contributed by atoms with Crippen LogP contribution in [-0.4, -0.2) is 57.7 Å². The Morgan fingerprint density at radius 1 is 1.07 bits per heavy atom. The van der Waals surface area contributed by atoms with Crippen molar-refractivity contribution in [3.05, 3.63) is 29.1 Å². The number of nitrogens with one attached hydrogen (secondary N) is 1. The van der Waals surface area contributed by atoms with E-state index >= 15 is 0 Å². The van der Waals surface area contributed by atoms with Crippen LogP contribution in [0.1, 0.15) is 21.7 Å². The van der Waals surface area contributed by atoms with Gasteiger partial charge in [-0.3, -0.25) is 0 Å². The molecule has 0 unspecified atom stereocenters. The molecule has 1 heterocycles. The van der Waals surface area contributed by atoms with Crippen molar-refractivity contribution < 1.29 is 28.8 Å². The zero-order valence-corrected chi connectivity index (χ0v) is 16.0. The Morgan fingerprint density at radius 3 is 2.30 bits per heavy atom. The molecule has 1 aromatic heterocycles. The number of carboxylic acid groups (broad SMARTS) is 1. The van der Waals surface area contributed by atoms with Crippen molar-refractivity contribution in [2.75, 3.05) is 41.6 Å². The highest BCUT2D eigenvalue weighted by molar-refractivity contribution is 5.93. The Morgan fingerprint density at radius 2 is 1.78 bits per heavy atom. The van der Waals surface area contributed by atoms with E-state index in [1.54, 1.807) is 20.3 Å². The third kappa shape index (κ3) is 4.01. The second-order valence-electron chi connectivity index (χ2n) is 5.80. The number of rotatable bonds is 10. The fraction of sp³-hybridized carbons (Fsp3) is 0.421. The highest BCUT2D eigenvalue weighted by Gasteiger charge is 2.26. The standard InChI is InChI=1S/C19H26N2O6/c1-24-10-8-11-15(13(7-9-20)21-16(11)19(22)23)12-5-6-14(25-2)18(27-4)17(12)26-3/h5-6,21H,7-10,20H2,1-4H3,(H,22,23). The molecule has 0 atom stereocenters. The molecule has 8 nitrogen and oxygen atoms in total. The Hall–Kier alpha value is -2.71. The van der Waals surface area contributed by atoms with Crippen molar-refractivity contribution in [3.8, 4) is 28.4 Å². The molecule has 0 radical (unpaired) electrons. The van der Waals surface area contributed by atoms with Crippen LogP contribution in [0, 0.1) is 0 Å². The Bertz CT molecular complexity index is 800. The third-order valence-corrected chi connectivity index (χ3v) is 4.32. The van der Waals surface area contributed by atoms with Gasteiger partial charge in [0, 0.05) is 30.4 Å². The third-order valence-electron chi connectivity index (χ3n) is 4.32. The summed E-state index contributed by atoms with van der Waals surface area (Å²) in [5.74, 6) is 0.382. The first-order chi connectivity index (χ1) is 13.0. The van der Waals surface area contributed by atoms with Gasteiger partial charge in [0.25, 0.3) is 0 Å². The number of carbonyl (C=O) groups is 1. The lowest BCUT2D eigenvalue weighted by Crippen LogP contribution is -2.05. The molecule has 4 N–H and O–H groups in total. The number of aromatic amines is 1. The van der Waals surface area contributed by atoms with Gasteiger partial charge in [-0.15, -0.1) is 0 Å². The molecule has 2 aromatic rings. The molecule has 1 aromatic carbocycles. The van der Waals surface area contributed by atoms with Gasteiger partial charge < -0.3 is 34.8 Å². The Labute approximate surface area is 158 Å². The molecule has 0 aliphatic heterocycles. The van der Waals surface area contributed by atoms with Crippen LogP contribution in [0.25, 0.3) is 11.1 Å². The molecule has 0 saturated heterocycles. The molecule has 0 amide bonds. The van der Waals surface area contributed by atoms with Gasteiger partial charge in [-0.05, 0) is 30.7 Å². The van der Waals surface area contributed by atoms with Gasteiger partial charge >= 0.3 is 5.97 Å². The maximum Gasteiger partial charge on any atom is 0.352 e. The molecule has 0 aliphatic rings. The van der Waals surface area contributed by atoms with Crippen molar-refractivity contribution in [3.63, 3.8) is 0 Å². The highest BCUT2D eigenvalue weighted by atomic mass is 16.5. The largest absolute Gasteiger partial charge is 0.493 e. The predicted octanol–water partition coefficient (Wildman–Crippen LogP) is 2.10. The van der Waals surface area contributed by atoms with E-state index in [0.29, 0.717) is 54.4 Å². The van der Waals surface area contributed by atoms with Gasteiger partial charge in [0.2, 0.25) is 5.75 Å². The average molecular weight is 378 g/mol. The average Bonchev–Trinajstić information content (AvgIpc) is 3.03. The van der Waals surface area contributed by atoms with Gasteiger partial charge in [-0.25, -0.2) is 4.79 Å². The second-order valence-corrected chi connectivity index (χ2v) is 5.80. The lowest BCUT2D eigenvalue weighted by Gasteiger charge is -2.17. The minimum absolute atomic E-state index is 0.127. The van der Waals surface area contributed by atoms with E-state index in [1.807, 2.05) is 6.07 Å². The molecule has 0 spiro atoms. The molecule has 0 aliphatic carbocycles. The number of methoxy groups -OCH3 is 4. The number of carboxylic acids is 1. The van der Waals surface area contributed by atoms with Gasteiger partial charge in [-0.1, -0.05) is 0 Å². The second kappa shape index (κ2) is 9.29. The first-order valence-corrected chi connectivity index (χ1v) is 8.49. The van der Waals surface area contributed by atoms with Crippen molar-refractivity contribution in [1.82, 2.24) is 4.98 Å². The molecule has 148 valence electrons. The summed E-state index contributed by atoms with van der Waals surface area (Å²) in [6.45, 7) is 0.745. The lowest BCUT2D eigenvalue weighted by atomic mass is 9.95. The number of aromatic carboxylic acids is 1. The zero-order valence-electron chi connectivity index (χ0n) is 16.0. The van der Waals surface area contributed by atoms with E-state index in [1.165, 1.54) is 14.2 Å². The van der Waals surface area contributed by atoms with Crippen LogP contribution in [0.5, 0.6) is 17.2 Å². The van der Waals surface area contributed by atoms with E-state index in [4.69, 9.17) is 24.7 Å². The molecular weight excluding hydrogens is 352 g/mol. The monoisotopic (exact) mass is 378 g/mol. The first-order valence-electron chi connectivity index (χ1n) is 8.49. The Kier molecular flexibility index (Phi) is 7.09. The maximum atomic E-state index is 11.8. The summed E-state index contributed by atoms with van der Waals surface area (Å²) in [7, 11) is 6.17. The smallest absolute Gasteiger partial charge is 0.352 e. The lowest BCUT2D eigenvalue weighted by molar-refractivity contribution is 0.0689. The quantitative estimate of drug-likeness (QED) is 0.580. The fourth-order valence-corrected chi connectivity index (χ4v) is 3.19.